The van der Waals surface area contributed by atoms with E-state index >= 15 is 0 Å². The molecule has 1 aromatic rings. The first-order valence-corrected chi connectivity index (χ1v) is 11.9. The molecule has 2 saturated heterocycles. The second kappa shape index (κ2) is 8.76. The van der Waals surface area contributed by atoms with Crippen molar-refractivity contribution in [2.24, 2.45) is 5.92 Å². The molecule has 2 heterocycles. The van der Waals surface area contributed by atoms with E-state index < -0.39 is 14.9 Å². The van der Waals surface area contributed by atoms with Crippen molar-refractivity contribution in [2.45, 2.75) is 13.8 Å². The van der Waals surface area contributed by atoms with Crippen molar-refractivity contribution in [1.29, 1.82) is 0 Å². The lowest BCUT2D eigenvalue weighted by molar-refractivity contribution is -0.384. The number of nitro groups is 1. The van der Waals surface area contributed by atoms with Crippen LogP contribution in [0.25, 0.3) is 0 Å². The maximum absolute atomic E-state index is 12.2. The molecule has 166 valence electrons. The number of hydrogen-bond donors (Lipinski definition) is 0. The summed E-state index contributed by atoms with van der Waals surface area (Å²) in [5.41, 5.74) is 1.39. The number of nitro benzene ring substituents is 1. The van der Waals surface area contributed by atoms with Crippen LogP contribution in [-0.2, 0) is 14.8 Å². The van der Waals surface area contributed by atoms with Crippen molar-refractivity contribution < 1.29 is 18.1 Å². The minimum absolute atomic E-state index is 0.0141. The molecule has 2 fully saturated rings. The van der Waals surface area contributed by atoms with Gasteiger partial charge in [-0.15, -0.1) is 0 Å². The van der Waals surface area contributed by atoms with Crippen LogP contribution < -0.4 is 9.80 Å². The third kappa shape index (κ3) is 4.84. The molecule has 0 spiro atoms. The van der Waals surface area contributed by atoms with E-state index in [1.165, 1.54) is 16.6 Å². The summed E-state index contributed by atoms with van der Waals surface area (Å²) < 4.78 is 24.9. The second-order valence-electron chi connectivity index (χ2n) is 8.05. The molecule has 0 unspecified atom stereocenters. The first kappa shape index (κ1) is 22.3. The Morgan fingerprint density at radius 3 is 2.07 bits per heavy atom. The van der Waals surface area contributed by atoms with E-state index in [0.717, 1.165) is 5.69 Å². The Balaban J connectivity index is 1.76. The molecule has 1 amide bonds. The van der Waals surface area contributed by atoms with Gasteiger partial charge in [-0.25, -0.2) is 8.42 Å². The molecule has 2 aliphatic heterocycles. The third-order valence-corrected chi connectivity index (χ3v) is 6.96. The number of carbonyl (C=O) groups excluding carboxylic acids is 1. The molecular formula is C19H29N5O5S. The van der Waals surface area contributed by atoms with Crippen molar-refractivity contribution in [3.63, 3.8) is 0 Å². The summed E-state index contributed by atoms with van der Waals surface area (Å²) in [6.07, 6.45) is 1.18. The molecule has 0 aromatic heterocycles. The first-order valence-electron chi connectivity index (χ1n) is 10.1. The minimum Gasteiger partial charge on any atom is -0.368 e. The number of hydrogen-bond acceptors (Lipinski definition) is 7. The first-order chi connectivity index (χ1) is 14.1. The number of amides is 1. The lowest BCUT2D eigenvalue weighted by Gasteiger charge is -2.38. The van der Waals surface area contributed by atoms with Crippen LogP contribution >= 0.6 is 0 Å². The molecule has 0 atom stereocenters. The zero-order chi connectivity index (χ0) is 22.1. The Hall–Kier alpha value is -2.40. The molecule has 10 nitrogen and oxygen atoms in total. The van der Waals surface area contributed by atoms with Gasteiger partial charge in [0.2, 0.25) is 15.9 Å². The van der Waals surface area contributed by atoms with Crippen LogP contribution in [0, 0.1) is 16.0 Å². The smallest absolute Gasteiger partial charge is 0.292 e. The van der Waals surface area contributed by atoms with Crippen LogP contribution in [0.4, 0.5) is 17.1 Å². The van der Waals surface area contributed by atoms with Crippen LogP contribution in [0.1, 0.15) is 13.8 Å². The fourth-order valence-corrected chi connectivity index (χ4v) is 4.75. The zero-order valence-corrected chi connectivity index (χ0v) is 18.5. The predicted octanol–water partition coefficient (Wildman–Crippen LogP) is 0.981. The quantitative estimate of drug-likeness (QED) is 0.497. The van der Waals surface area contributed by atoms with Crippen molar-refractivity contribution >= 4 is 33.0 Å². The number of nitrogens with zero attached hydrogens (tertiary/aromatic N) is 5. The third-order valence-electron chi connectivity index (χ3n) is 5.65. The predicted molar refractivity (Wildman–Crippen MR) is 115 cm³/mol. The van der Waals surface area contributed by atoms with Crippen molar-refractivity contribution in [3.05, 3.63) is 28.3 Å². The van der Waals surface area contributed by atoms with Gasteiger partial charge < -0.3 is 14.7 Å². The maximum Gasteiger partial charge on any atom is 0.292 e. The summed E-state index contributed by atoms with van der Waals surface area (Å²) in [5.74, 6) is 0.107. The van der Waals surface area contributed by atoms with Gasteiger partial charge in [-0.1, -0.05) is 13.8 Å². The van der Waals surface area contributed by atoms with Gasteiger partial charge >= 0.3 is 0 Å². The SMILES string of the molecule is CC(C)C(=O)N1CCN(c2ccc([N+](=O)[O-])c(N3CCN(S(C)(=O)=O)CC3)c2)CC1. The Morgan fingerprint density at radius 2 is 1.57 bits per heavy atom. The Bertz CT molecular complexity index is 904. The van der Waals surface area contributed by atoms with Gasteiger partial charge in [0, 0.05) is 70.0 Å². The number of carbonyl (C=O) groups is 1. The molecular weight excluding hydrogens is 410 g/mol. The van der Waals surface area contributed by atoms with Gasteiger partial charge in [-0.2, -0.15) is 4.31 Å². The molecule has 0 aliphatic carbocycles. The monoisotopic (exact) mass is 439 g/mol. The van der Waals surface area contributed by atoms with Gasteiger partial charge in [-0.3, -0.25) is 14.9 Å². The number of sulfonamides is 1. The highest BCUT2D eigenvalue weighted by Gasteiger charge is 2.29. The highest BCUT2D eigenvalue weighted by Crippen LogP contribution is 2.34. The topological polar surface area (TPSA) is 107 Å². The molecule has 0 saturated carbocycles. The molecule has 0 N–H and O–H groups in total. The van der Waals surface area contributed by atoms with E-state index in [9.17, 15) is 23.3 Å². The molecule has 11 heteroatoms. The Morgan fingerprint density at radius 1 is 1.00 bits per heavy atom. The van der Waals surface area contributed by atoms with Crippen LogP contribution in [0.15, 0.2) is 18.2 Å². The number of rotatable bonds is 5. The highest BCUT2D eigenvalue weighted by atomic mass is 32.2. The largest absolute Gasteiger partial charge is 0.368 e. The average molecular weight is 440 g/mol. The highest BCUT2D eigenvalue weighted by molar-refractivity contribution is 7.88. The van der Waals surface area contributed by atoms with Crippen LogP contribution in [0.5, 0.6) is 0 Å². The van der Waals surface area contributed by atoms with Crippen molar-refractivity contribution in [2.75, 3.05) is 68.4 Å². The second-order valence-corrected chi connectivity index (χ2v) is 10.0. The normalized spacial score (nSPS) is 18.7. The van der Waals surface area contributed by atoms with Crippen LogP contribution in [0.2, 0.25) is 0 Å². The molecule has 2 aliphatic rings. The average Bonchev–Trinajstić information content (AvgIpc) is 2.72. The van der Waals surface area contributed by atoms with E-state index in [0.29, 0.717) is 58.0 Å². The summed E-state index contributed by atoms with van der Waals surface area (Å²) in [7, 11) is -3.27. The Labute approximate surface area is 177 Å². The summed E-state index contributed by atoms with van der Waals surface area (Å²) in [6, 6.07) is 5.07. The van der Waals surface area contributed by atoms with Gasteiger partial charge in [0.25, 0.3) is 5.69 Å². The van der Waals surface area contributed by atoms with E-state index in [1.54, 1.807) is 6.07 Å². The minimum atomic E-state index is -3.27. The van der Waals surface area contributed by atoms with E-state index in [-0.39, 0.29) is 17.5 Å². The lowest BCUT2D eigenvalue weighted by Crippen LogP contribution is -2.50. The fraction of sp³-hybridized carbons (Fsp3) is 0.632. The molecule has 1 aromatic carbocycles. The fourth-order valence-electron chi connectivity index (χ4n) is 3.93. The molecule has 30 heavy (non-hydrogen) atoms. The van der Waals surface area contributed by atoms with E-state index in [4.69, 9.17) is 0 Å². The van der Waals surface area contributed by atoms with Gasteiger partial charge in [0.1, 0.15) is 5.69 Å². The number of benzene rings is 1. The zero-order valence-electron chi connectivity index (χ0n) is 17.7. The summed E-state index contributed by atoms with van der Waals surface area (Å²) >= 11 is 0. The molecule has 3 rings (SSSR count). The van der Waals surface area contributed by atoms with Crippen molar-refractivity contribution in [3.8, 4) is 0 Å². The number of anilines is 2. The maximum atomic E-state index is 12.2. The van der Waals surface area contributed by atoms with Gasteiger partial charge in [0.05, 0.1) is 11.2 Å². The number of piperazine rings is 2. The molecule has 0 bridgehead atoms. The summed E-state index contributed by atoms with van der Waals surface area (Å²) in [6.45, 7) is 7.75. The Kier molecular flexibility index (Phi) is 6.51. The summed E-state index contributed by atoms with van der Waals surface area (Å²) in [5, 5.41) is 11.6. The van der Waals surface area contributed by atoms with Gasteiger partial charge in [0.15, 0.2) is 0 Å². The van der Waals surface area contributed by atoms with E-state index in [2.05, 4.69) is 4.90 Å². The van der Waals surface area contributed by atoms with Crippen LogP contribution in [0.3, 0.4) is 0 Å². The molecule has 0 radical (unpaired) electrons. The van der Waals surface area contributed by atoms with Gasteiger partial charge in [-0.05, 0) is 12.1 Å². The van der Waals surface area contributed by atoms with Crippen LogP contribution in [-0.4, -0.2) is 87.1 Å². The standard InChI is InChI=1S/C19H29N5O5S/c1-15(2)19(25)22-8-6-20(7-9-22)16-4-5-17(24(26)27)18(14-16)21-10-12-23(13-11-21)30(3,28)29/h4-5,14-15H,6-13H2,1-3H3. The van der Waals surface area contributed by atoms with E-state index in [1.807, 2.05) is 29.7 Å². The lowest BCUT2D eigenvalue weighted by atomic mass is 10.1. The summed E-state index contributed by atoms with van der Waals surface area (Å²) in [4.78, 5) is 29.2. The van der Waals surface area contributed by atoms with Crippen molar-refractivity contribution in [1.82, 2.24) is 9.21 Å².